The van der Waals surface area contributed by atoms with Crippen molar-refractivity contribution in [3.63, 3.8) is 0 Å². The first kappa shape index (κ1) is 17.9. The van der Waals surface area contributed by atoms with Gasteiger partial charge in [-0.1, -0.05) is 30.2 Å². The molecule has 0 spiro atoms. The maximum atomic E-state index is 5.92. The van der Waals surface area contributed by atoms with Crippen molar-refractivity contribution >= 4 is 40.3 Å². The highest BCUT2D eigenvalue weighted by atomic mass is 35.5. The molecular weight excluding hydrogens is 378 g/mol. The maximum Gasteiger partial charge on any atom is 0.175 e. The van der Waals surface area contributed by atoms with Crippen LogP contribution in [0.1, 0.15) is 25.1 Å². The van der Waals surface area contributed by atoms with Crippen LogP contribution >= 0.6 is 23.8 Å². The first-order valence-electron chi connectivity index (χ1n) is 9.05. The van der Waals surface area contributed by atoms with Crippen LogP contribution in [0.4, 0.5) is 11.4 Å². The van der Waals surface area contributed by atoms with E-state index in [1.165, 1.54) is 19.3 Å². The molecule has 138 valence electrons. The van der Waals surface area contributed by atoms with Gasteiger partial charge in [0.15, 0.2) is 10.9 Å². The molecule has 0 saturated carbocycles. The molecule has 0 radical (unpaired) electrons. The average Bonchev–Trinajstić information content (AvgIpc) is 2.92. The Morgan fingerprint density at radius 3 is 2.63 bits per heavy atom. The van der Waals surface area contributed by atoms with Crippen LogP contribution in [0.5, 0.6) is 0 Å². The molecule has 4 rings (SSSR count). The first-order valence-corrected chi connectivity index (χ1v) is 9.84. The number of anilines is 2. The third kappa shape index (κ3) is 4.28. The monoisotopic (exact) mass is 397 g/mol. The highest BCUT2D eigenvalue weighted by Gasteiger charge is 2.16. The Bertz CT molecular complexity index is 951. The molecule has 27 heavy (non-hydrogen) atoms. The molecule has 1 aliphatic heterocycles. The van der Waals surface area contributed by atoms with Gasteiger partial charge in [-0.15, -0.1) is 10.2 Å². The molecule has 0 amide bonds. The van der Waals surface area contributed by atoms with Crippen molar-refractivity contribution in [2.24, 2.45) is 0 Å². The van der Waals surface area contributed by atoms with E-state index >= 15 is 0 Å². The number of hydrogen-bond acceptors (Lipinski definition) is 3. The molecule has 2 N–H and O–H groups in total. The highest BCUT2D eigenvalue weighted by Crippen LogP contribution is 2.25. The molecule has 5 nitrogen and oxygen atoms in total. The number of hydrogen-bond donors (Lipinski definition) is 2. The number of benzene rings is 2. The van der Waals surface area contributed by atoms with E-state index < -0.39 is 0 Å². The predicted molar refractivity (Wildman–Crippen MR) is 114 cm³/mol. The van der Waals surface area contributed by atoms with Crippen molar-refractivity contribution < 1.29 is 0 Å². The maximum absolute atomic E-state index is 5.92. The lowest BCUT2D eigenvalue weighted by Gasteiger charge is -2.12. The number of rotatable bonds is 3. The summed E-state index contributed by atoms with van der Waals surface area (Å²) in [5, 5.41) is 16.4. The molecule has 7 heteroatoms. The number of halogens is 1. The van der Waals surface area contributed by atoms with E-state index in [1.807, 2.05) is 36.4 Å². The molecule has 1 aliphatic rings. The fraction of sp³-hybridized carbons (Fsp3) is 0.250. The van der Waals surface area contributed by atoms with Gasteiger partial charge in [0, 0.05) is 34.9 Å². The fourth-order valence-electron chi connectivity index (χ4n) is 3.26. The summed E-state index contributed by atoms with van der Waals surface area (Å²) < 4.78 is 2.25. The zero-order valence-electron chi connectivity index (χ0n) is 14.8. The number of aryl methyl sites for hydroxylation is 1. The number of nitrogens with one attached hydrogen (secondary N) is 2. The van der Waals surface area contributed by atoms with Gasteiger partial charge in [-0.05, 0) is 61.5 Å². The first-order chi connectivity index (χ1) is 13.2. The van der Waals surface area contributed by atoms with Crippen molar-refractivity contribution in [2.45, 2.75) is 32.2 Å². The lowest BCUT2D eigenvalue weighted by molar-refractivity contribution is 0.636. The van der Waals surface area contributed by atoms with E-state index in [-0.39, 0.29) is 0 Å². The second kappa shape index (κ2) is 8.06. The van der Waals surface area contributed by atoms with Gasteiger partial charge in [0.25, 0.3) is 0 Å². The summed E-state index contributed by atoms with van der Waals surface area (Å²) in [5.74, 6) is 2.01. The van der Waals surface area contributed by atoms with Gasteiger partial charge in [0.05, 0.1) is 0 Å². The summed E-state index contributed by atoms with van der Waals surface area (Å²) in [7, 11) is 0. The minimum atomic E-state index is 0.523. The largest absolute Gasteiger partial charge is 0.332 e. The van der Waals surface area contributed by atoms with E-state index in [1.54, 1.807) is 0 Å². The van der Waals surface area contributed by atoms with E-state index in [0.29, 0.717) is 10.1 Å². The minimum absolute atomic E-state index is 0.523. The molecule has 1 aromatic heterocycles. The Labute approximate surface area is 168 Å². The Kier molecular flexibility index (Phi) is 5.36. The van der Waals surface area contributed by atoms with Crippen molar-refractivity contribution in [1.82, 2.24) is 14.8 Å². The molecule has 0 unspecified atom stereocenters. The van der Waals surface area contributed by atoms with Crippen molar-refractivity contribution in [3.05, 3.63) is 59.4 Å². The van der Waals surface area contributed by atoms with Crippen LogP contribution in [0.15, 0.2) is 48.5 Å². The Balaban J connectivity index is 1.50. The summed E-state index contributed by atoms with van der Waals surface area (Å²) in [6, 6.07) is 15.5. The molecule has 2 heterocycles. The third-order valence-corrected chi connectivity index (χ3v) is 5.05. The average molecular weight is 398 g/mol. The number of aromatic nitrogens is 3. The van der Waals surface area contributed by atoms with Crippen LogP contribution in [-0.4, -0.2) is 19.9 Å². The van der Waals surface area contributed by atoms with E-state index in [4.69, 9.17) is 23.8 Å². The third-order valence-electron chi connectivity index (χ3n) is 4.59. The van der Waals surface area contributed by atoms with Gasteiger partial charge < -0.3 is 15.2 Å². The van der Waals surface area contributed by atoms with Gasteiger partial charge in [0.2, 0.25) is 0 Å². The quantitative estimate of drug-likeness (QED) is 0.600. The second-order valence-electron chi connectivity index (χ2n) is 6.57. The summed E-state index contributed by atoms with van der Waals surface area (Å²) >= 11 is 11.3. The van der Waals surface area contributed by atoms with E-state index in [9.17, 15) is 0 Å². The standard InChI is InChI=1S/C20H20ClN5S/c21-15-8-10-16(11-9-15)22-20(27)23-17-6-4-5-14(13-17)19-25-24-18-7-2-1-3-12-26(18)19/h4-6,8-11,13H,1-3,7,12H2,(H2,22,23,27). The van der Waals surface area contributed by atoms with Crippen LogP contribution in [0.2, 0.25) is 5.02 Å². The predicted octanol–water partition coefficient (Wildman–Crippen LogP) is 5.13. The molecule has 2 aromatic carbocycles. The normalized spacial score (nSPS) is 13.5. The summed E-state index contributed by atoms with van der Waals surface area (Å²) in [6.45, 7) is 0.978. The van der Waals surface area contributed by atoms with Gasteiger partial charge >= 0.3 is 0 Å². The number of nitrogens with zero attached hydrogens (tertiary/aromatic N) is 3. The zero-order chi connectivity index (χ0) is 18.6. The second-order valence-corrected chi connectivity index (χ2v) is 7.41. The fourth-order valence-corrected chi connectivity index (χ4v) is 3.62. The zero-order valence-corrected chi connectivity index (χ0v) is 16.4. The molecular formula is C20H20ClN5S. The van der Waals surface area contributed by atoms with Crippen LogP contribution in [-0.2, 0) is 13.0 Å². The summed E-state index contributed by atoms with van der Waals surface area (Å²) in [4.78, 5) is 0. The molecule has 0 saturated heterocycles. The Hall–Kier alpha value is -2.44. The van der Waals surface area contributed by atoms with Gasteiger partial charge in [-0.25, -0.2) is 0 Å². The SMILES string of the molecule is S=C(Nc1ccc(Cl)cc1)Nc1cccc(-c2nnc3n2CCCCC3)c1. The lowest BCUT2D eigenvalue weighted by Crippen LogP contribution is -2.19. The van der Waals surface area contributed by atoms with Crippen LogP contribution in [0.3, 0.4) is 0 Å². The van der Waals surface area contributed by atoms with Crippen molar-refractivity contribution in [3.8, 4) is 11.4 Å². The van der Waals surface area contributed by atoms with Crippen LogP contribution in [0, 0.1) is 0 Å². The van der Waals surface area contributed by atoms with Gasteiger partial charge in [-0.2, -0.15) is 0 Å². The number of thiocarbonyl (C=S) groups is 1. The molecule has 0 bridgehead atoms. The Morgan fingerprint density at radius 2 is 1.78 bits per heavy atom. The lowest BCUT2D eigenvalue weighted by atomic mass is 10.2. The number of fused-ring (bicyclic) bond motifs is 1. The molecule has 0 aliphatic carbocycles. The molecule has 0 fully saturated rings. The summed E-state index contributed by atoms with van der Waals surface area (Å²) in [6.07, 6.45) is 4.60. The topological polar surface area (TPSA) is 54.8 Å². The highest BCUT2D eigenvalue weighted by molar-refractivity contribution is 7.80. The minimum Gasteiger partial charge on any atom is -0.332 e. The van der Waals surface area contributed by atoms with Gasteiger partial charge in [-0.3, -0.25) is 0 Å². The molecule has 0 atom stereocenters. The van der Waals surface area contributed by atoms with Crippen LogP contribution < -0.4 is 10.6 Å². The smallest absolute Gasteiger partial charge is 0.175 e. The van der Waals surface area contributed by atoms with Gasteiger partial charge in [0.1, 0.15) is 5.82 Å². The van der Waals surface area contributed by atoms with Crippen LogP contribution in [0.25, 0.3) is 11.4 Å². The molecule has 3 aromatic rings. The van der Waals surface area contributed by atoms with E-state index in [2.05, 4.69) is 37.5 Å². The van der Waals surface area contributed by atoms with Crippen molar-refractivity contribution in [1.29, 1.82) is 0 Å². The Morgan fingerprint density at radius 1 is 0.963 bits per heavy atom. The van der Waals surface area contributed by atoms with Crippen molar-refractivity contribution in [2.75, 3.05) is 10.6 Å². The van der Waals surface area contributed by atoms with E-state index in [0.717, 1.165) is 41.6 Å². The summed E-state index contributed by atoms with van der Waals surface area (Å²) in [5.41, 5.74) is 2.83.